The molecule has 0 aliphatic carbocycles. The summed E-state index contributed by atoms with van der Waals surface area (Å²) >= 11 is 0. The SMILES string of the molecule is CCOC1=C(N2CCOC(c3ncc[nH]3)C2)C=C(c2cc(NC(=O)c3cccc(C(F)(F)F)c3)cnc2C)NN1. The van der Waals surface area contributed by atoms with E-state index in [1.807, 2.05) is 19.9 Å². The van der Waals surface area contributed by atoms with Crippen LogP contribution in [0.5, 0.6) is 0 Å². The molecule has 4 N–H and O–H groups in total. The summed E-state index contributed by atoms with van der Waals surface area (Å²) in [7, 11) is 0. The van der Waals surface area contributed by atoms with E-state index in [4.69, 9.17) is 9.47 Å². The van der Waals surface area contributed by atoms with Gasteiger partial charge in [-0.05, 0) is 44.2 Å². The molecule has 1 unspecified atom stereocenters. The molecule has 1 saturated heterocycles. The molecule has 1 fully saturated rings. The highest BCUT2D eigenvalue weighted by atomic mass is 19.4. The molecule has 0 saturated carbocycles. The van der Waals surface area contributed by atoms with Crippen LogP contribution in [0, 0.1) is 6.92 Å². The molecule has 4 heterocycles. The number of hydrogen-bond acceptors (Lipinski definition) is 8. The monoisotopic (exact) mass is 555 g/mol. The first-order chi connectivity index (χ1) is 19.2. The highest BCUT2D eigenvalue weighted by Crippen LogP contribution is 2.31. The standard InChI is InChI=1S/C27H28F3N7O3/c1-3-39-26-22(37-9-10-40-23(15-37)24-31-7-8-32-24)13-21(35-36-26)20-12-19(14-33-16(20)2)34-25(38)17-5-4-6-18(11-17)27(28,29)30/h4-8,11-14,23,35-36H,3,9-10,15H2,1-2H3,(H,31,32)(H,34,38). The number of hydrazine groups is 1. The lowest BCUT2D eigenvalue weighted by atomic mass is 10.1. The zero-order valence-electron chi connectivity index (χ0n) is 21.8. The van der Waals surface area contributed by atoms with Gasteiger partial charge in [0, 0.05) is 35.8 Å². The number of carbonyl (C=O) groups is 1. The fourth-order valence-electron chi connectivity index (χ4n) is 4.46. The van der Waals surface area contributed by atoms with Gasteiger partial charge in [0.15, 0.2) is 0 Å². The molecule has 2 aliphatic rings. The van der Waals surface area contributed by atoms with E-state index in [1.165, 1.54) is 18.3 Å². The predicted molar refractivity (Wildman–Crippen MR) is 140 cm³/mol. The summed E-state index contributed by atoms with van der Waals surface area (Å²) < 4.78 is 51.1. The smallest absolute Gasteiger partial charge is 0.416 e. The van der Waals surface area contributed by atoms with E-state index < -0.39 is 17.6 Å². The third-order valence-corrected chi connectivity index (χ3v) is 6.43. The van der Waals surface area contributed by atoms with Crippen LogP contribution in [0.15, 0.2) is 66.6 Å². The van der Waals surface area contributed by atoms with Crippen molar-refractivity contribution in [1.82, 2.24) is 30.7 Å². The second-order valence-electron chi connectivity index (χ2n) is 9.12. The summed E-state index contributed by atoms with van der Waals surface area (Å²) in [5, 5.41) is 2.65. The number of H-pyrrole nitrogens is 1. The summed E-state index contributed by atoms with van der Waals surface area (Å²) in [6.45, 7) is 5.80. The summed E-state index contributed by atoms with van der Waals surface area (Å²) in [6, 6.07) is 5.97. The Hall–Kier alpha value is -4.52. The summed E-state index contributed by atoms with van der Waals surface area (Å²) in [5.41, 5.74) is 8.38. The maximum atomic E-state index is 13.1. The number of nitrogens with one attached hydrogen (secondary N) is 4. The van der Waals surface area contributed by atoms with Crippen molar-refractivity contribution >= 4 is 17.3 Å². The first-order valence-electron chi connectivity index (χ1n) is 12.6. The van der Waals surface area contributed by atoms with Crippen LogP contribution in [0.25, 0.3) is 5.70 Å². The minimum Gasteiger partial charge on any atom is -0.477 e. The number of aromatic nitrogens is 3. The number of rotatable bonds is 7. The van der Waals surface area contributed by atoms with Crippen LogP contribution >= 0.6 is 0 Å². The number of alkyl halides is 3. The summed E-state index contributed by atoms with van der Waals surface area (Å²) in [6.07, 6.45) is 2.02. The molecule has 0 bridgehead atoms. The highest BCUT2D eigenvalue weighted by Gasteiger charge is 2.31. The Balaban J connectivity index is 1.40. The number of aromatic amines is 1. The van der Waals surface area contributed by atoms with E-state index >= 15 is 0 Å². The van der Waals surface area contributed by atoms with Crippen LogP contribution in [-0.2, 0) is 15.7 Å². The zero-order valence-corrected chi connectivity index (χ0v) is 21.8. The van der Waals surface area contributed by atoms with Gasteiger partial charge in [0.25, 0.3) is 5.91 Å². The third kappa shape index (κ3) is 5.88. The van der Waals surface area contributed by atoms with Gasteiger partial charge < -0.3 is 24.7 Å². The van der Waals surface area contributed by atoms with E-state index in [2.05, 4.69) is 36.0 Å². The summed E-state index contributed by atoms with van der Waals surface area (Å²) in [4.78, 5) is 26.7. The second-order valence-corrected chi connectivity index (χ2v) is 9.12. The number of benzene rings is 1. The van der Waals surface area contributed by atoms with E-state index in [0.29, 0.717) is 54.8 Å². The molecular weight excluding hydrogens is 527 g/mol. The van der Waals surface area contributed by atoms with Crippen LogP contribution in [-0.4, -0.2) is 52.1 Å². The van der Waals surface area contributed by atoms with Crippen molar-refractivity contribution in [2.24, 2.45) is 0 Å². The predicted octanol–water partition coefficient (Wildman–Crippen LogP) is 4.11. The van der Waals surface area contributed by atoms with Crippen molar-refractivity contribution in [3.05, 3.63) is 94.8 Å². The number of pyridine rings is 1. The van der Waals surface area contributed by atoms with Gasteiger partial charge in [-0.3, -0.25) is 20.6 Å². The van der Waals surface area contributed by atoms with Crippen LogP contribution < -0.4 is 16.2 Å². The lowest BCUT2D eigenvalue weighted by Crippen LogP contribution is -2.43. The van der Waals surface area contributed by atoms with Crippen molar-refractivity contribution in [2.75, 3.05) is 31.6 Å². The van der Waals surface area contributed by atoms with Crippen LogP contribution in [0.4, 0.5) is 18.9 Å². The number of imidazole rings is 1. The molecule has 5 rings (SSSR count). The third-order valence-electron chi connectivity index (χ3n) is 6.43. The first kappa shape index (κ1) is 27.1. The minimum atomic E-state index is -4.55. The largest absolute Gasteiger partial charge is 0.477 e. The van der Waals surface area contributed by atoms with Gasteiger partial charge in [-0.2, -0.15) is 13.2 Å². The van der Waals surface area contributed by atoms with Crippen molar-refractivity contribution < 1.29 is 27.4 Å². The van der Waals surface area contributed by atoms with E-state index in [0.717, 1.165) is 23.7 Å². The minimum absolute atomic E-state index is 0.112. The van der Waals surface area contributed by atoms with Crippen molar-refractivity contribution in [3.8, 4) is 0 Å². The molecule has 2 aliphatic heterocycles. The topological polar surface area (TPSA) is 116 Å². The molecule has 3 aromatic rings. The van der Waals surface area contributed by atoms with Crippen LogP contribution in [0.1, 0.15) is 46.0 Å². The maximum Gasteiger partial charge on any atom is 0.416 e. The average molecular weight is 556 g/mol. The van der Waals surface area contributed by atoms with Crippen molar-refractivity contribution in [3.63, 3.8) is 0 Å². The molecule has 40 heavy (non-hydrogen) atoms. The average Bonchev–Trinajstić information content (AvgIpc) is 3.50. The van der Waals surface area contributed by atoms with Gasteiger partial charge in [0.1, 0.15) is 17.6 Å². The van der Waals surface area contributed by atoms with Crippen LogP contribution in [0.2, 0.25) is 0 Å². The first-order valence-corrected chi connectivity index (χ1v) is 12.6. The number of halogens is 3. The molecule has 0 radical (unpaired) electrons. The lowest BCUT2D eigenvalue weighted by molar-refractivity contribution is -0.137. The zero-order chi connectivity index (χ0) is 28.3. The number of amides is 1. The Morgan fingerprint density at radius 2 is 2.10 bits per heavy atom. The van der Waals surface area contributed by atoms with Crippen LogP contribution in [0.3, 0.4) is 0 Å². The lowest BCUT2D eigenvalue weighted by Gasteiger charge is -2.37. The van der Waals surface area contributed by atoms with Gasteiger partial charge in [0.05, 0.1) is 42.9 Å². The number of hydrogen-bond donors (Lipinski definition) is 4. The maximum absolute atomic E-state index is 13.1. The van der Waals surface area contributed by atoms with E-state index in [-0.39, 0.29) is 11.7 Å². The van der Waals surface area contributed by atoms with Crippen molar-refractivity contribution in [1.29, 1.82) is 0 Å². The number of morpholine rings is 1. The number of nitrogens with zero attached hydrogens (tertiary/aromatic N) is 3. The van der Waals surface area contributed by atoms with Gasteiger partial charge in [-0.1, -0.05) is 6.07 Å². The Kier molecular flexibility index (Phi) is 7.65. The Bertz CT molecular complexity index is 1440. The van der Waals surface area contributed by atoms with E-state index in [1.54, 1.807) is 18.5 Å². The molecule has 210 valence electrons. The molecule has 1 amide bonds. The molecule has 10 nitrogen and oxygen atoms in total. The van der Waals surface area contributed by atoms with E-state index in [9.17, 15) is 18.0 Å². The van der Waals surface area contributed by atoms with Crippen molar-refractivity contribution in [2.45, 2.75) is 26.1 Å². The van der Waals surface area contributed by atoms with Gasteiger partial charge in [-0.15, -0.1) is 0 Å². The number of aryl methyl sites for hydroxylation is 1. The number of allylic oxidation sites excluding steroid dienone is 1. The summed E-state index contributed by atoms with van der Waals surface area (Å²) in [5.74, 6) is 0.604. The fraction of sp³-hybridized carbons (Fsp3) is 0.296. The Morgan fingerprint density at radius 3 is 2.85 bits per heavy atom. The second kappa shape index (κ2) is 11.3. The van der Waals surface area contributed by atoms with Gasteiger partial charge >= 0.3 is 6.18 Å². The Labute approximate surface area is 228 Å². The van der Waals surface area contributed by atoms with Gasteiger partial charge in [0.2, 0.25) is 5.88 Å². The highest BCUT2D eigenvalue weighted by molar-refractivity contribution is 6.04. The van der Waals surface area contributed by atoms with Gasteiger partial charge in [-0.25, -0.2) is 4.98 Å². The quantitative estimate of drug-likeness (QED) is 0.344. The Morgan fingerprint density at radius 1 is 1.25 bits per heavy atom. The number of carbonyl (C=O) groups excluding carboxylic acids is 1. The molecule has 13 heteroatoms. The normalized spacial score (nSPS) is 17.6. The molecule has 2 aromatic heterocycles. The molecule has 1 atom stereocenters. The molecule has 1 aromatic carbocycles. The molecular formula is C27H28F3N7O3. The molecule has 0 spiro atoms. The number of ether oxygens (including phenoxy) is 2. The fourth-order valence-corrected chi connectivity index (χ4v) is 4.46. The number of anilines is 1.